The lowest BCUT2D eigenvalue weighted by Gasteiger charge is -2.02. The fourth-order valence-corrected chi connectivity index (χ4v) is 3.06. The molecular weight excluding hydrogens is 334 g/mol. The number of nitrogens with one attached hydrogen (secondary N) is 2. The number of nitrogens with zero attached hydrogens (tertiary/aromatic N) is 5. The molecule has 1 aromatic carbocycles. The standard InChI is InChI=1S/C17H11N7S/c18-8-11-3-1-4-12(7-11)13-9-21-24-15(13)14-10-25-17(22-14)23-16-19-5-2-6-20-16/h1-7,9-10H,(H,21,24)(H,19,20,22,23). The van der Waals surface area contributed by atoms with Gasteiger partial charge < -0.3 is 5.32 Å². The zero-order chi connectivity index (χ0) is 17.1. The van der Waals surface area contributed by atoms with Crippen LogP contribution >= 0.6 is 11.3 Å². The van der Waals surface area contributed by atoms with Crippen molar-refractivity contribution >= 4 is 22.4 Å². The molecule has 2 N–H and O–H groups in total. The summed E-state index contributed by atoms with van der Waals surface area (Å²) in [5.74, 6) is 0.495. The predicted octanol–water partition coefficient (Wildman–Crippen LogP) is 3.61. The monoisotopic (exact) mass is 345 g/mol. The van der Waals surface area contributed by atoms with Crippen molar-refractivity contribution in [3.05, 3.63) is 59.9 Å². The minimum Gasteiger partial charge on any atom is -0.300 e. The fourth-order valence-electron chi connectivity index (χ4n) is 2.36. The Morgan fingerprint density at radius 2 is 2.04 bits per heavy atom. The molecule has 0 radical (unpaired) electrons. The molecule has 120 valence electrons. The van der Waals surface area contributed by atoms with E-state index in [0.29, 0.717) is 16.6 Å². The van der Waals surface area contributed by atoms with Gasteiger partial charge in [0.05, 0.1) is 23.5 Å². The highest BCUT2D eigenvalue weighted by atomic mass is 32.1. The van der Waals surface area contributed by atoms with Gasteiger partial charge in [-0.1, -0.05) is 12.1 Å². The maximum atomic E-state index is 9.09. The molecule has 8 heteroatoms. The number of anilines is 2. The highest BCUT2D eigenvalue weighted by Crippen LogP contribution is 2.32. The lowest BCUT2D eigenvalue weighted by molar-refractivity contribution is 1.09. The first-order valence-electron chi connectivity index (χ1n) is 7.37. The molecule has 25 heavy (non-hydrogen) atoms. The molecule has 0 bridgehead atoms. The van der Waals surface area contributed by atoms with Crippen LogP contribution in [-0.4, -0.2) is 25.1 Å². The molecule has 0 aliphatic heterocycles. The van der Waals surface area contributed by atoms with E-state index >= 15 is 0 Å². The van der Waals surface area contributed by atoms with Gasteiger partial charge in [0.2, 0.25) is 5.95 Å². The second-order valence-corrected chi connectivity index (χ2v) is 5.94. The highest BCUT2D eigenvalue weighted by Gasteiger charge is 2.14. The van der Waals surface area contributed by atoms with Gasteiger partial charge in [-0.05, 0) is 23.8 Å². The summed E-state index contributed by atoms with van der Waals surface area (Å²) in [4.78, 5) is 12.8. The van der Waals surface area contributed by atoms with E-state index < -0.39 is 0 Å². The van der Waals surface area contributed by atoms with Gasteiger partial charge in [0, 0.05) is 23.3 Å². The maximum Gasteiger partial charge on any atom is 0.228 e. The average molecular weight is 345 g/mol. The Morgan fingerprint density at radius 1 is 1.16 bits per heavy atom. The average Bonchev–Trinajstić information content (AvgIpc) is 3.32. The Labute approximate surface area is 147 Å². The van der Waals surface area contributed by atoms with E-state index in [1.54, 1.807) is 30.7 Å². The van der Waals surface area contributed by atoms with Crippen LogP contribution in [0.5, 0.6) is 0 Å². The van der Waals surface area contributed by atoms with Crippen LogP contribution in [0.4, 0.5) is 11.1 Å². The van der Waals surface area contributed by atoms with E-state index in [2.05, 4.69) is 36.5 Å². The first-order chi connectivity index (χ1) is 12.3. The van der Waals surface area contributed by atoms with Crippen LogP contribution in [0.25, 0.3) is 22.5 Å². The quantitative estimate of drug-likeness (QED) is 0.586. The smallest absolute Gasteiger partial charge is 0.228 e. The molecule has 0 saturated heterocycles. The van der Waals surface area contributed by atoms with Crippen LogP contribution in [0.2, 0.25) is 0 Å². The molecule has 0 aliphatic carbocycles. The Hall–Kier alpha value is -3.57. The Kier molecular flexibility index (Phi) is 3.90. The van der Waals surface area contributed by atoms with Gasteiger partial charge in [-0.2, -0.15) is 10.4 Å². The Bertz CT molecular complexity index is 1050. The molecule has 4 rings (SSSR count). The minimum absolute atomic E-state index is 0.495. The van der Waals surface area contributed by atoms with E-state index in [0.717, 1.165) is 22.5 Å². The molecular formula is C17H11N7S. The number of hydrogen-bond donors (Lipinski definition) is 2. The van der Waals surface area contributed by atoms with Crippen molar-refractivity contribution in [1.29, 1.82) is 5.26 Å². The normalized spacial score (nSPS) is 10.4. The van der Waals surface area contributed by atoms with Gasteiger partial charge in [-0.25, -0.2) is 15.0 Å². The Balaban J connectivity index is 1.66. The lowest BCUT2D eigenvalue weighted by Crippen LogP contribution is -1.95. The maximum absolute atomic E-state index is 9.09. The first kappa shape index (κ1) is 15.0. The van der Waals surface area contributed by atoms with E-state index in [1.807, 2.05) is 23.6 Å². The van der Waals surface area contributed by atoms with Crippen LogP contribution in [0, 0.1) is 11.3 Å². The third-order valence-electron chi connectivity index (χ3n) is 3.49. The van der Waals surface area contributed by atoms with E-state index in [9.17, 15) is 0 Å². The summed E-state index contributed by atoms with van der Waals surface area (Å²) < 4.78 is 0. The molecule has 7 nitrogen and oxygen atoms in total. The summed E-state index contributed by atoms with van der Waals surface area (Å²) in [5, 5.41) is 21.9. The van der Waals surface area contributed by atoms with E-state index in [1.165, 1.54) is 11.3 Å². The molecule has 0 fully saturated rings. The molecule has 3 aromatic heterocycles. The van der Waals surface area contributed by atoms with Crippen molar-refractivity contribution in [3.8, 4) is 28.6 Å². The number of thiazole rings is 1. The van der Waals surface area contributed by atoms with Gasteiger partial charge in [0.15, 0.2) is 5.13 Å². The zero-order valence-electron chi connectivity index (χ0n) is 12.8. The summed E-state index contributed by atoms with van der Waals surface area (Å²) in [5.41, 5.74) is 3.97. The number of hydrogen-bond acceptors (Lipinski definition) is 7. The van der Waals surface area contributed by atoms with E-state index in [4.69, 9.17) is 5.26 Å². The third-order valence-corrected chi connectivity index (χ3v) is 4.24. The molecule has 3 heterocycles. The second-order valence-electron chi connectivity index (χ2n) is 5.09. The SMILES string of the molecule is N#Cc1cccc(-c2cn[nH]c2-c2csc(Nc3ncccn3)n2)c1. The van der Waals surface area contributed by atoms with Crippen molar-refractivity contribution in [2.45, 2.75) is 0 Å². The number of aromatic nitrogens is 5. The predicted molar refractivity (Wildman–Crippen MR) is 95.2 cm³/mol. The third kappa shape index (κ3) is 3.08. The summed E-state index contributed by atoms with van der Waals surface area (Å²) >= 11 is 1.45. The summed E-state index contributed by atoms with van der Waals surface area (Å²) in [6, 6.07) is 11.3. The van der Waals surface area contributed by atoms with E-state index in [-0.39, 0.29) is 0 Å². The van der Waals surface area contributed by atoms with Gasteiger partial charge >= 0.3 is 0 Å². The summed E-state index contributed by atoms with van der Waals surface area (Å²) in [6.07, 6.45) is 5.07. The van der Waals surface area contributed by atoms with Crippen molar-refractivity contribution < 1.29 is 0 Å². The van der Waals surface area contributed by atoms with Crippen LogP contribution < -0.4 is 5.32 Å². The van der Waals surface area contributed by atoms with Crippen LogP contribution in [-0.2, 0) is 0 Å². The van der Waals surface area contributed by atoms with Gasteiger partial charge in [0.25, 0.3) is 0 Å². The largest absolute Gasteiger partial charge is 0.300 e. The molecule has 0 atom stereocenters. The van der Waals surface area contributed by atoms with Gasteiger partial charge in [-0.15, -0.1) is 11.3 Å². The molecule has 0 unspecified atom stereocenters. The van der Waals surface area contributed by atoms with Crippen molar-refractivity contribution in [2.24, 2.45) is 0 Å². The van der Waals surface area contributed by atoms with Gasteiger partial charge in [0.1, 0.15) is 5.69 Å². The molecule has 0 saturated carbocycles. The summed E-state index contributed by atoms with van der Waals surface area (Å²) in [7, 11) is 0. The molecule has 0 aliphatic rings. The number of nitriles is 1. The molecule has 0 amide bonds. The number of aromatic amines is 1. The summed E-state index contributed by atoms with van der Waals surface area (Å²) in [6.45, 7) is 0. The minimum atomic E-state index is 0.495. The zero-order valence-corrected chi connectivity index (χ0v) is 13.7. The highest BCUT2D eigenvalue weighted by molar-refractivity contribution is 7.14. The number of H-pyrrole nitrogens is 1. The van der Waals surface area contributed by atoms with Crippen molar-refractivity contribution in [3.63, 3.8) is 0 Å². The molecule has 0 spiro atoms. The number of rotatable bonds is 4. The fraction of sp³-hybridized carbons (Fsp3) is 0. The second kappa shape index (κ2) is 6.51. The van der Waals surface area contributed by atoms with Crippen LogP contribution in [0.1, 0.15) is 5.56 Å². The van der Waals surface area contributed by atoms with Crippen LogP contribution in [0.3, 0.4) is 0 Å². The molecule has 4 aromatic rings. The first-order valence-corrected chi connectivity index (χ1v) is 8.25. The van der Waals surface area contributed by atoms with Gasteiger partial charge in [-0.3, -0.25) is 5.10 Å². The van der Waals surface area contributed by atoms with Crippen LogP contribution in [0.15, 0.2) is 54.3 Å². The Morgan fingerprint density at radius 3 is 2.88 bits per heavy atom. The number of benzene rings is 1. The topological polar surface area (TPSA) is 103 Å². The van der Waals surface area contributed by atoms with Crippen molar-refractivity contribution in [2.75, 3.05) is 5.32 Å². The van der Waals surface area contributed by atoms with Crippen molar-refractivity contribution in [1.82, 2.24) is 25.1 Å². The lowest BCUT2D eigenvalue weighted by atomic mass is 10.0.